The Bertz CT molecular complexity index is 2240. The summed E-state index contributed by atoms with van der Waals surface area (Å²) < 4.78 is 19.7. The van der Waals surface area contributed by atoms with Crippen LogP contribution in [0.3, 0.4) is 0 Å². The Kier molecular flexibility index (Phi) is 12.9. The van der Waals surface area contributed by atoms with E-state index in [-0.39, 0.29) is 31.1 Å². The smallest absolute Gasteiger partial charge is 0.328 e. The number of hydrogen-bond donors (Lipinski definition) is 4. The lowest BCUT2D eigenvalue weighted by molar-refractivity contribution is -0.245. The molecule has 1 aliphatic rings. The fraction of sp³-hybridized carbons (Fsp3) is 0.233. The molecule has 14 heteroatoms. The number of nitrogens with one attached hydrogen (secondary N) is 2. The fourth-order valence-electron chi connectivity index (χ4n) is 6.56. The van der Waals surface area contributed by atoms with Crippen LogP contribution < -0.4 is 10.6 Å². The van der Waals surface area contributed by atoms with E-state index in [0.29, 0.717) is 23.8 Å². The molecule has 4 atom stereocenters. The number of phenols is 1. The van der Waals surface area contributed by atoms with Crippen molar-refractivity contribution in [1.82, 2.24) is 30.8 Å². The highest BCUT2D eigenvalue weighted by molar-refractivity contribution is 7.99. The van der Waals surface area contributed by atoms with E-state index in [9.17, 15) is 19.8 Å². The van der Waals surface area contributed by atoms with Crippen molar-refractivity contribution < 1.29 is 34.0 Å². The van der Waals surface area contributed by atoms with Crippen LogP contribution in [0, 0.1) is 0 Å². The summed E-state index contributed by atoms with van der Waals surface area (Å²) in [7, 11) is 1.30. The van der Waals surface area contributed by atoms with Gasteiger partial charge in [-0.05, 0) is 68.1 Å². The molecule has 1 aliphatic heterocycles. The summed E-state index contributed by atoms with van der Waals surface area (Å²) in [5.74, 6) is 0.173. The Morgan fingerprint density at radius 2 is 1.60 bits per heavy atom. The minimum Gasteiger partial charge on any atom is -0.508 e. The van der Waals surface area contributed by atoms with Crippen molar-refractivity contribution >= 4 is 23.8 Å². The summed E-state index contributed by atoms with van der Waals surface area (Å²) >= 11 is 1.47. The van der Waals surface area contributed by atoms with Crippen molar-refractivity contribution in [3.05, 3.63) is 155 Å². The van der Waals surface area contributed by atoms with E-state index in [1.54, 1.807) is 28.9 Å². The number of carbonyl (C=O) groups is 2. The van der Waals surface area contributed by atoms with Crippen molar-refractivity contribution in [1.29, 1.82) is 0 Å². The number of aromatic nitrogens is 4. The highest BCUT2D eigenvalue weighted by Gasteiger charge is 2.33. The van der Waals surface area contributed by atoms with E-state index in [2.05, 4.69) is 26.2 Å². The molecule has 0 bridgehead atoms. The Labute approximate surface area is 334 Å². The number of thioether (sulfide) groups is 1. The van der Waals surface area contributed by atoms with Crippen LogP contribution in [0.1, 0.15) is 46.6 Å². The van der Waals surface area contributed by atoms with Crippen LogP contribution in [0.4, 0.5) is 4.79 Å². The van der Waals surface area contributed by atoms with E-state index in [1.165, 1.54) is 18.9 Å². The Morgan fingerprint density at radius 1 is 0.877 bits per heavy atom. The van der Waals surface area contributed by atoms with Gasteiger partial charge in [-0.3, -0.25) is 0 Å². The number of benzene rings is 5. The number of nitrogens with zero attached hydrogens (tertiary/aromatic N) is 4. The summed E-state index contributed by atoms with van der Waals surface area (Å²) in [6.45, 7) is 0.180. The highest BCUT2D eigenvalue weighted by Crippen LogP contribution is 2.40. The zero-order valence-corrected chi connectivity index (χ0v) is 31.9. The Hall–Kier alpha value is -6.06. The number of hydrogen-bond acceptors (Lipinski definition) is 11. The molecular weight excluding hydrogens is 745 g/mol. The minimum atomic E-state index is -0.843. The van der Waals surface area contributed by atoms with Crippen LogP contribution in [0.25, 0.3) is 16.8 Å². The highest BCUT2D eigenvalue weighted by atomic mass is 32.2. The van der Waals surface area contributed by atoms with Gasteiger partial charge in [0.25, 0.3) is 0 Å². The quantitative estimate of drug-likeness (QED) is 0.0707. The molecule has 4 N–H and O–H groups in total. The number of tetrazole rings is 1. The number of ether oxygens (including phenoxy) is 3. The maximum absolute atomic E-state index is 13.0. The molecular formula is C43H42N6O7S. The van der Waals surface area contributed by atoms with E-state index >= 15 is 0 Å². The molecule has 2 amide bonds. The van der Waals surface area contributed by atoms with E-state index in [0.717, 1.165) is 44.6 Å². The maximum atomic E-state index is 13.0. The van der Waals surface area contributed by atoms with Gasteiger partial charge in [0.1, 0.15) is 11.8 Å². The standard InChI is InChI=1S/C43H42N6O7S/c1-54-40(52)38(23-28-7-3-2-4-8-28)45-42(53)44-25-33-9-5-6-10-37(33)30-15-17-32(18-16-30)41-55-36(24-39(56-41)31-13-11-29(26-50)12-14-31)27-57-43-46-47-48-49(43)34-19-21-35(51)22-20-34/h2-22,36,38-39,41,50-51H,23-27H2,1H3,(H2,44,45,53). The SMILES string of the molecule is COC(=O)C(Cc1ccccc1)NC(=O)NCc1ccccc1-c1ccc(C2OC(CSc3nnnn3-c3ccc(O)cc3)CC(c3ccc(CO)cc3)O2)cc1. The summed E-state index contributed by atoms with van der Waals surface area (Å²) in [5, 5.41) is 37.8. The zero-order chi connectivity index (χ0) is 39.6. The summed E-state index contributed by atoms with van der Waals surface area (Å²) in [4.78, 5) is 25.5. The van der Waals surface area contributed by atoms with Gasteiger partial charge >= 0.3 is 12.0 Å². The first-order valence-corrected chi connectivity index (χ1v) is 19.4. The van der Waals surface area contributed by atoms with Crippen molar-refractivity contribution in [3.63, 3.8) is 0 Å². The lowest BCUT2D eigenvalue weighted by Gasteiger charge is -2.36. The molecule has 1 fully saturated rings. The molecule has 5 aromatic carbocycles. The van der Waals surface area contributed by atoms with Gasteiger partial charge < -0.3 is 35.1 Å². The van der Waals surface area contributed by atoms with Gasteiger partial charge in [0.2, 0.25) is 5.16 Å². The molecule has 2 heterocycles. The Morgan fingerprint density at radius 3 is 2.33 bits per heavy atom. The van der Waals surface area contributed by atoms with Crippen LogP contribution >= 0.6 is 11.8 Å². The molecule has 4 unspecified atom stereocenters. The van der Waals surface area contributed by atoms with Gasteiger partial charge in [0.15, 0.2) is 6.29 Å². The fourth-order valence-corrected chi connectivity index (χ4v) is 7.47. The molecule has 292 valence electrons. The van der Waals surface area contributed by atoms with Gasteiger partial charge in [-0.1, -0.05) is 115 Å². The van der Waals surface area contributed by atoms with Crippen LogP contribution in [-0.2, 0) is 38.6 Å². The summed E-state index contributed by atoms with van der Waals surface area (Å²) in [6.07, 6.45) is -0.296. The summed E-state index contributed by atoms with van der Waals surface area (Å²) in [6, 6.07) is 38.3. The van der Waals surface area contributed by atoms with Crippen molar-refractivity contribution in [2.45, 2.75) is 55.7 Å². The molecule has 1 aromatic heterocycles. The third kappa shape index (κ3) is 10.0. The molecule has 0 radical (unpaired) electrons. The average Bonchev–Trinajstić information content (AvgIpc) is 3.74. The number of carbonyl (C=O) groups excluding carboxylic acids is 2. The van der Waals surface area contributed by atoms with Gasteiger partial charge in [0, 0.05) is 30.7 Å². The predicted molar refractivity (Wildman–Crippen MR) is 213 cm³/mol. The molecule has 0 aliphatic carbocycles. The minimum absolute atomic E-state index is 0.0457. The zero-order valence-electron chi connectivity index (χ0n) is 31.1. The second-order valence-electron chi connectivity index (χ2n) is 13.4. The number of methoxy groups -OCH3 is 1. The first-order chi connectivity index (χ1) is 27.9. The molecule has 13 nitrogen and oxygen atoms in total. The van der Waals surface area contributed by atoms with Gasteiger partial charge in [-0.15, -0.1) is 5.10 Å². The topological polar surface area (TPSA) is 170 Å². The molecule has 0 spiro atoms. The number of aliphatic hydroxyl groups excluding tert-OH is 1. The third-order valence-corrected chi connectivity index (χ3v) is 10.6. The largest absolute Gasteiger partial charge is 0.508 e. The lowest BCUT2D eigenvalue weighted by Crippen LogP contribution is -2.47. The van der Waals surface area contributed by atoms with Crippen molar-refractivity contribution in [3.8, 4) is 22.6 Å². The number of aromatic hydroxyl groups is 1. The van der Waals surface area contributed by atoms with Gasteiger partial charge in [-0.2, -0.15) is 4.68 Å². The molecule has 0 saturated carbocycles. The number of esters is 1. The second kappa shape index (κ2) is 18.7. The maximum Gasteiger partial charge on any atom is 0.328 e. The average molecular weight is 787 g/mol. The van der Waals surface area contributed by atoms with Crippen molar-refractivity contribution in [2.75, 3.05) is 12.9 Å². The van der Waals surface area contributed by atoms with Crippen LogP contribution in [-0.4, -0.2) is 67.4 Å². The van der Waals surface area contributed by atoms with Gasteiger partial charge in [-0.25, -0.2) is 9.59 Å². The molecule has 1 saturated heterocycles. The Balaban J connectivity index is 1.04. The molecule has 57 heavy (non-hydrogen) atoms. The molecule has 7 rings (SSSR count). The lowest BCUT2D eigenvalue weighted by atomic mass is 9.98. The first kappa shape index (κ1) is 39.2. The van der Waals surface area contributed by atoms with Crippen molar-refractivity contribution in [2.24, 2.45) is 0 Å². The number of urea groups is 1. The second-order valence-corrected chi connectivity index (χ2v) is 14.4. The number of aliphatic hydroxyl groups is 1. The monoisotopic (exact) mass is 786 g/mol. The predicted octanol–water partition coefficient (Wildman–Crippen LogP) is 6.45. The number of phenolic OH excluding ortho intramolecular Hbond substituents is 1. The first-order valence-electron chi connectivity index (χ1n) is 18.4. The number of amides is 2. The normalized spacial score (nSPS) is 17.1. The van der Waals surface area contributed by atoms with Crippen LogP contribution in [0.15, 0.2) is 133 Å². The van der Waals surface area contributed by atoms with E-state index in [4.69, 9.17) is 14.2 Å². The van der Waals surface area contributed by atoms with E-state index < -0.39 is 24.3 Å². The van der Waals surface area contributed by atoms with E-state index in [1.807, 2.05) is 103 Å². The third-order valence-electron chi connectivity index (χ3n) is 9.57. The van der Waals surface area contributed by atoms with Gasteiger partial charge in [0.05, 0.1) is 31.6 Å². The van der Waals surface area contributed by atoms with Crippen LogP contribution in [0.2, 0.25) is 0 Å². The summed E-state index contributed by atoms with van der Waals surface area (Å²) in [5.41, 5.74) is 7.01. The molecule has 6 aromatic rings. The number of rotatable bonds is 14. The van der Waals surface area contributed by atoms with Crippen LogP contribution in [0.5, 0.6) is 5.75 Å².